The molecule has 5 nitrogen and oxygen atoms in total. The van der Waals surface area contributed by atoms with Crippen LogP contribution in [0.3, 0.4) is 0 Å². The van der Waals surface area contributed by atoms with E-state index in [0.717, 1.165) is 23.8 Å². The molecule has 1 aliphatic rings. The summed E-state index contributed by atoms with van der Waals surface area (Å²) in [6.45, 7) is 1.12. The third kappa shape index (κ3) is 2.33. The molecule has 18 heavy (non-hydrogen) atoms. The number of nitrogens with zero attached hydrogens (tertiary/aromatic N) is 2. The number of aromatic carboxylic acids is 1. The monoisotopic (exact) mass is 263 g/mol. The third-order valence-electron chi connectivity index (χ3n) is 2.91. The van der Waals surface area contributed by atoms with Gasteiger partial charge in [0.15, 0.2) is 5.69 Å². The molecule has 0 aromatic carbocycles. The zero-order chi connectivity index (χ0) is 13.3. The van der Waals surface area contributed by atoms with Crippen LogP contribution in [0.15, 0.2) is 6.20 Å². The van der Waals surface area contributed by atoms with Gasteiger partial charge in [-0.15, -0.1) is 0 Å². The fourth-order valence-electron chi connectivity index (χ4n) is 2.12. The van der Waals surface area contributed by atoms with E-state index in [1.54, 1.807) is 0 Å². The van der Waals surface area contributed by atoms with Gasteiger partial charge >= 0.3 is 12.1 Å². The van der Waals surface area contributed by atoms with Crippen LogP contribution in [0.4, 0.5) is 13.2 Å². The van der Waals surface area contributed by atoms with E-state index in [4.69, 9.17) is 5.11 Å². The Morgan fingerprint density at radius 1 is 1.56 bits per heavy atom. The zero-order valence-electron chi connectivity index (χ0n) is 9.37. The summed E-state index contributed by atoms with van der Waals surface area (Å²) in [7, 11) is 0. The lowest BCUT2D eigenvalue weighted by Gasteiger charge is -2.25. The minimum atomic E-state index is -4.72. The SMILES string of the molecule is O=C(O)c1cnn(C2CCCNC2)c1C(F)(F)F. The highest BCUT2D eigenvalue weighted by Crippen LogP contribution is 2.34. The number of carboxylic acids is 1. The van der Waals surface area contributed by atoms with Crippen LogP contribution < -0.4 is 5.32 Å². The molecule has 2 heterocycles. The number of nitrogens with one attached hydrogen (secondary N) is 1. The van der Waals surface area contributed by atoms with E-state index in [0.29, 0.717) is 13.0 Å². The van der Waals surface area contributed by atoms with Crippen LogP contribution >= 0.6 is 0 Å². The van der Waals surface area contributed by atoms with E-state index in [1.165, 1.54) is 0 Å². The predicted octanol–water partition coefficient (Wildman–Crippen LogP) is 1.52. The van der Waals surface area contributed by atoms with E-state index in [1.807, 2.05) is 0 Å². The van der Waals surface area contributed by atoms with Crippen molar-refractivity contribution in [1.29, 1.82) is 0 Å². The molecule has 0 saturated carbocycles. The quantitative estimate of drug-likeness (QED) is 0.849. The van der Waals surface area contributed by atoms with Gasteiger partial charge in [-0.25, -0.2) is 4.79 Å². The van der Waals surface area contributed by atoms with Crippen molar-refractivity contribution < 1.29 is 23.1 Å². The second-order valence-electron chi connectivity index (χ2n) is 4.15. The summed E-state index contributed by atoms with van der Waals surface area (Å²) >= 11 is 0. The van der Waals surface area contributed by atoms with E-state index in [-0.39, 0.29) is 0 Å². The Morgan fingerprint density at radius 3 is 2.78 bits per heavy atom. The van der Waals surface area contributed by atoms with Crippen molar-refractivity contribution in [2.75, 3.05) is 13.1 Å². The molecule has 0 spiro atoms. The van der Waals surface area contributed by atoms with Crippen LogP contribution in [-0.4, -0.2) is 33.9 Å². The van der Waals surface area contributed by atoms with Crippen molar-refractivity contribution in [3.63, 3.8) is 0 Å². The average Bonchev–Trinajstić information content (AvgIpc) is 2.74. The first-order valence-electron chi connectivity index (χ1n) is 5.50. The molecule has 100 valence electrons. The Balaban J connectivity index is 2.44. The summed E-state index contributed by atoms with van der Waals surface area (Å²) < 4.78 is 39.5. The van der Waals surface area contributed by atoms with Gasteiger partial charge in [-0.3, -0.25) is 4.68 Å². The molecule has 2 rings (SSSR count). The number of carbonyl (C=O) groups is 1. The first-order chi connectivity index (χ1) is 8.41. The van der Waals surface area contributed by atoms with E-state index >= 15 is 0 Å². The summed E-state index contributed by atoms with van der Waals surface area (Å²) in [6, 6.07) is -0.455. The van der Waals surface area contributed by atoms with Gasteiger partial charge < -0.3 is 10.4 Å². The third-order valence-corrected chi connectivity index (χ3v) is 2.91. The largest absolute Gasteiger partial charge is 0.478 e. The van der Waals surface area contributed by atoms with Gasteiger partial charge in [-0.05, 0) is 19.4 Å². The number of hydrogen-bond donors (Lipinski definition) is 2. The number of aromatic nitrogens is 2. The molecule has 0 radical (unpaired) electrons. The highest BCUT2D eigenvalue weighted by Gasteiger charge is 2.41. The summed E-state index contributed by atoms with van der Waals surface area (Å²) in [4.78, 5) is 10.8. The van der Waals surface area contributed by atoms with Crippen LogP contribution in [0.1, 0.15) is 34.9 Å². The highest BCUT2D eigenvalue weighted by atomic mass is 19.4. The van der Waals surface area contributed by atoms with Crippen LogP contribution in [0.2, 0.25) is 0 Å². The van der Waals surface area contributed by atoms with E-state index in [2.05, 4.69) is 10.4 Å². The standard InChI is InChI=1S/C10H12F3N3O2/c11-10(12,13)8-7(9(17)18)5-15-16(8)6-2-1-3-14-4-6/h5-6,14H,1-4H2,(H,17,18). The number of rotatable bonds is 2. The minimum absolute atomic E-state index is 0.365. The van der Waals surface area contributed by atoms with Gasteiger partial charge in [-0.2, -0.15) is 18.3 Å². The maximum absolute atomic E-state index is 12.9. The minimum Gasteiger partial charge on any atom is -0.478 e. The summed E-state index contributed by atoms with van der Waals surface area (Å²) in [6.07, 6.45) is -2.66. The van der Waals surface area contributed by atoms with Gasteiger partial charge in [0.2, 0.25) is 0 Å². The lowest BCUT2D eigenvalue weighted by molar-refractivity contribution is -0.145. The average molecular weight is 263 g/mol. The van der Waals surface area contributed by atoms with Crippen molar-refractivity contribution in [3.05, 3.63) is 17.5 Å². The normalized spacial score (nSPS) is 20.9. The first kappa shape index (κ1) is 12.9. The molecule has 1 fully saturated rings. The highest BCUT2D eigenvalue weighted by molar-refractivity contribution is 5.88. The van der Waals surface area contributed by atoms with E-state index in [9.17, 15) is 18.0 Å². The molecule has 1 saturated heterocycles. The molecule has 1 unspecified atom stereocenters. The molecule has 1 atom stereocenters. The van der Waals surface area contributed by atoms with Crippen LogP contribution in [0, 0.1) is 0 Å². The number of halogens is 3. The maximum Gasteiger partial charge on any atom is 0.433 e. The number of carboxylic acid groups (broad SMARTS) is 1. The van der Waals surface area contributed by atoms with Crippen molar-refractivity contribution in [2.45, 2.75) is 25.1 Å². The van der Waals surface area contributed by atoms with Gasteiger partial charge in [0, 0.05) is 6.54 Å². The Bertz CT molecular complexity index is 450. The predicted molar refractivity (Wildman–Crippen MR) is 55.3 cm³/mol. The van der Waals surface area contributed by atoms with Gasteiger partial charge in [0.1, 0.15) is 5.56 Å². The Labute approximate surface area is 101 Å². The maximum atomic E-state index is 12.9. The van der Waals surface area contributed by atoms with Crippen molar-refractivity contribution in [2.24, 2.45) is 0 Å². The molecule has 1 aromatic heterocycles. The molecule has 1 aliphatic heterocycles. The van der Waals surface area contributed by atoms with Crippen molar-refractivity contribution in [1.82, 2.24) is 15.1 Å². The summed E-state index contributed by atoms with van der Waals surface area (Å²) in [5.41, 5.74) is -1.98. The fourth-order valence-corrected chi connectivity index (χ4v) is 2.12. The lowest BCUT2D eigenvalue weighted by Crippen LogP contribution is -2.34. The van der Waals surface area contributed by atoms with E-state index < -0.39 is 29.4 Å². The van der Waals surface area contributed by atoms with Gasteiger partial charge in [0.25, 0.3) is 0 Å². The Hall–Kier alpha value is -1.57. The summed E-state index contributed by atoms with van der Waals surface area (Å²) in [5, 5.41) is 15.3. The van der Waals surface area contributed by atoms with Crippen molar-refractivity contribution >= 4 is 5.97 Å². The Morgan fingerprint density at radius 2 is 2.28 bits per heavy atom. The lowest BCUT2D eigenvalue weighted by atomic mass is 10.1. The number of piperidine rings is 1. The molecular formula is C10H12F3N3O2. The molecule has 2 N–H and O–H groups in total. The molecule has 0 amide bonds. The van der Waals surface area contributed by atoms with Gasteiger partial charge in [-0.1, -0.05) is 0 Å². The van der Waals surface area contributed by atoms with Crippen LogP contribution in [0.25, 0.3) is 0 Å². The second kappa shape index (κ2) is 4.60. The molecule has 0 bridgehead atoms. The van der Waals surface area contributed by atoms with Crippen LogP contribution in [-0.2, 0) is 6.18 Å². The zero-order valence-corrected chi connectivity index (χ0v) is 9.37. The number of hydrogen-bond acceptors (Lipinski definition) is 3. The second-order valence-corrected chi connectivity index (χ2v) is 4.15. The van der Waals surface area contributed by atoms with Crippen LogP contribution in [0.5, 0.6) is 0 Å². The molecular weight excluding hydrogens is 251 g/mol. The molecule has 0 aliphatic carbocycles. The smallest absolute Gasteiger partial charge is 0.433 e. The first-order valence-corrected chi connectivity index (χ1v) is 5.50. The van der Waals surface area contributed by atoms with Crippen molar-refractivity contribution in [3.8, 4) is 0 Å². The summed E-state index contributed by atoms with van der Waals surface area (Å²) in [5.74, 6) is -1.61. The topological polar surface area (TPSA) is 67.1 Å². The Kier molecular flexibility index (Phi) is 3.29. The molecule has 1 aromatic rings. The molecule has 8 heteroatoms. The van der Waals surface area contributed by atoms with Gasteiger partial charge in [0.05, 0.1) is 12.2 Å². The number of alkyl halides is 3. The fraction of sp³-hybridized carbons (Fsp3) is 0.600.